The van der Waals surface area contributed by atoms with E-state index in [0.29, 0.717) is 25.3 Å². The number of nitrogens with one attached hydrogen (secondary N) is 1. The van der Waals surface area contributed by atoms with E-state index in [1.807, 2.05) is 51.1 Å². The van der Waals surface area contributed by atoms with Crippen molar-refractivity contribution in [2.75, 3.05) is 12.3 Å². The summed E-state index contributed by atoms with van der Waals surface area (Å²) >= 11 is 1.60. The Morgan fingerprint density at radius 1 is 1.07 bits per heavy atom. The van der Waals surface area contributed by atoms with Gasteiger partial charge in [-0.3, -0.25) is 9.59 Å². The summed E-state index contributed by atoms with van der Waals surface area (Å²) in [6, 6.07) is 16.0. The van der Waals surface area contributed by atoms with E-state index in [9.17, 15) is 9.59 Å². The molecule has 0 aromatic heterocycles. The summed E-state index contributed by atoms with van der Waals surface area (Å²) in [5, 5.41) is 2.97. The molecule has 0 radical (unpaired) electrons. The first-order valence-electron chi connectivity index (χ1n) is 10.7. The molecule has 0 saturated heterocycles. The van der Waals surface area contributed by atoms with Gasteiger partial charge in [-0.2, -0.15) is 0 Å². The summed E-state index contributed by atoms with van der Waals surface area (Å²) in [6.45, 7) is 9.19. The molecule has 162 valence electrons. The molecule has 0 aliphatic heterocycles. The Labute approximate surface area is 185 Å². The lowest BCUT2D eigenvalue weighted by Crippen LogP contribution is -2.49. The number of rotatable bonds is 11. The predicted octanol–water partition coefficient (Wildman–Crippen LogP) is 4.87. The largest absolute Gasteiger partial charge is 0.354 e. The molecule has 30 heavy (non-hydrogen) atoms. The van der Waals surface area contributed by atoms with E-state index >= 15 is 0 Å². The molecule has 0 unspecified atom stereocenters. The van der Waals surface area contributed by atoms with E-state index in [4.69, 9.17) is 0 Å². The van der Waals surface area contributed by atoms with E-state index in [1.54, 1.807) is 16.7 Å². The van der Waals surface area contributed by atoms with Crippen LogP contribution in [0.1, 0.15) is 48.9 Å². The Balaban J connectivity index is 2.12. The fourth-order valence-electron chi connectivity index (χ4n) is 3.40. The number of thioether (sulfide) groups is 1. The van der Waals surface area contributed by atoms with Crippen LogP contribution in [0.3, 0.4) is 0 Å². The molecule has 2 amide bonds. The second-order valence-corrected chi connectivity index (χ2v) is 8.63. The Hall–Kier alpha value is -2.27. The normalized spacial score (nSPS) is 11.7. The summed E-state index contributed by atoms with van der Waals surface area (Å²) in [6.07, 6.45) is 1.47. The van der Waals surface area contributed by atoms with E-state index in [0.717, 1.165) is 23.3 Å². The van der Waals surface area contributed by atoms with Gasteiger partial charge < -0.3 is 10.2 Å². The highest BCUT2D eigenvalue weighted by atomic mass is 32.2. The standard InChI is InChI=1S/C25H34N2O2S/c1-5-14-26-25(29)23(6-2)27(16-22-13-8-7-11-20(22)4)24(28)18-30-17-21-12-9-10-19(3)15-21/h7-13,15,23H,5-6,14,16-18H2,1-4H3,(H,26,29)/t23-/m0/s1. The zero-order valence-corrected chi connectivity index (χ0v) is 19.4. The lowest BCUT2D eigenvalue weighted by atomic mass is 10.1. The third-order valence-electron chi connectivity index (χ3n) is 5.11. The third-order valence-corrected chi connectivity index (χ3v) is 6.10. The average molecular weight is 427 g/mol. The highest BCUT2D eigenvalue weighted by Crippen LogP contribution is 2.19. The van der Waals surface area contributed by atoms with Crippen molar-refractivity contribution in [3.8, 4) is 0 Å². The van der Waals surface area contributed by atoms with Crippen molar-refractivity contribution in [3.63, 3.8) is 0 Å². The van der Waals surface area contributed by atoms with Gasteiger partial charge in [0.05, 0.1) is 5.75 Å². The van der Waals surface area contributed by atoms with Crippen LogP contribution >= 0.6 is 11.8 Å². The first kappa shape index (κ1) is 24.0. The highest BCUT2D eigenvalue weighted by molar-refractivity contribution is 7.99. The molecule has 1 atom stereocenters. The highest BCUT2D eigenvalue weighted by Gasteiger charge is 2.28. The maximum Gasteiger partial charge on any atom is 0.242 e. The van der Waals surface area contributed by atoms with Gasteiger partial charge in [0, 0.05) is 18.8 Å². The molecule has 0 bridgehead atoms. The van der Waals surface area contributed by atoms with Crippen LogP contribution in [0.2, 0.25) is 0 Å². The summed E-state index contributed by atoms with van der Waals surface area (Å²) in [5.74, 6) is 1.08. The maximum absolute atomic E-state index is 13.2. The van der Waals surface area contributed by atoms with Gasteiger partial charge in [-0.15, -0.1) is 11.8 Å². The number of carbonyl (C=O) groups is 2. The quantitative estimate of drug-likeness (QED) is 0.558. The van der Waals surface area contributed by atoms with E-state index in [2.05, 4.69) is 30.4 Å². The Bertz CT molecular complexity index is 837. The van der Waals surface area contributed by atoms with E-state index < -0.39 is 6.04 Å². The number of benzene rings is 2. The minimum atomic E-state index is -0.455. The van der Waals surface area contributed by atoms with Gasteiger partial charge in [-0.1, -0.05) is 67.9 Å². The summed E-state index contributed by atoms with van der Waals surface area (Å²) in [5.41, 5.74) is 4.65. The van der Waals surface area contributed by atoms with Crippen LogP contribution < -0.4 is 5.32 Å². The maximum atomic E-state index is 13.2. The molecule has 0 heterocycles. The van der Waals surface area contributed by atoms with Crippen molar-refractivity contribution in [1.82, 2.24) is 10.2 Å². The van der Waals surface area contributed by atoms with Crippen LogP contribution in [0.25, 0.3) is 0 Å². The van der Waals surface area contributed by atoms with Gasteiger partial charge in [0.25, 0.3) is 0 Å². The number of amides is 2. The zero-order chi connectivity index (χ0) is 21.9. The molecular formula is C25H34N2O2S. The average Bonchev–Trinajstić information content (AvgIpc) is 2.73. The topological polar surface area (TPSA) is 49.4 Å². The van der Waals surface area contributed by atoms with Crippen LogP contribution in [0.4, 0.5) is 0 Å². The Kier molecular flexibility index (Phi) is 9.95. The Morgan fingerprint density at radius 3 is 2.50 bits per heavy atom. The molecule has 4 nitrogen and oxygen atoms in total. The van der Waals surface area contributed by atoms with Crippen LogP contribution in [-0.2, 0) is 21.9 Å². The number of nitrogens with zero attached hydrogens (tertiary/aromatic N) is 1. The second-order valence-electron chi connectivity index (χ2n) is 7.65. The molecule has 5 heteroatoms. The molecule has 1 N–H and O–H groups in total. The number of hydrogen-bond donors (Lipinski definition) is 1. The van der Waals surface area contributed by atoms with Crippen molar-refractivity contribution in [2.24, 2.45) is 0 Å². The molecule has 2 aromatic carbocycles. The van der Waals surface area contributed by atoms with Crippen LogP contribution in [0.5, 0.6) is 0 Å². The molecule has 0 spiro atoms. The van der Waals surface area contributed by atoms with Crippen LogP contribution in [-0.4, -0.2) is 35.1 Å². The van der Waals surface area contributed by atoms with Gasteiger partial charge in [-0.05, 0) is 43.4 Å². The molecule has 0 aliphatic rings. The smallest absolute Gasteiger partial charge is 0.242 e. The summed E-state index contributed by atoms with van der Waals surface area (Å²) in [7, 11) is 0. The number of hydrogen-bond acceptors (Lipinski definition) is 3. The molecule has 0 aliphatic carbocycles. The fourth-order valence-corrected chi connectivity index (χ4v) is 4.26. The molecular weight excluding hydrogens is 392 g/mol. The molecule has 0 saturated carbocycles. The number of carbonyl (C=O) groups excluding carboxylic acids is 2. The third kappa shape index (κ3) is 7.21. The predicted molar refractivity (Wildman–Crippen MR) is 126 cm³/mol. The minimum absolute atomic E-state index is 0.00871. The summed E-state index contributed by atoms with van der Waals surface area (Å²) < 4.78 is 0. The number of aryl methyl sites for hydroxylation is 2. The summed E-state index contributed by atoms with van der Waals surface area (Å²) in [4.78, 5) is 27.8. The lowest BCUT2D eigenvalue weighted by molar-refractivity contribution is -0.139. The van der Waals surface area contributed by atoms with Gasteiger partial charge in [-0.25, -0.2) is 0 Å². The van der Waals surface area contributed by atoms with Crippen molar-refractivity contribution in [1.29, 1.82) is 0 Å². The van der Waals surface area contributed by atoms with Gasteiger partial charge in [0.1, 0.15) is 6.04 Å². The van der Waals surface area contributed by atoms with Crippen LogP contribution in [0, 0.1) is 13.8 Å². The monoisotopic (exact) mass is 426 g/mol. The first-order valence-corrected chi connectivity index (χ1v) is 11.9. The van der Waals surface area contributed by atoms with Crippen molar-refractivity contribution >= 4 is 23.6 Å². The fraction of sp³-hybridized carbons (Fsp3) is 0.440. The second kappa shape index (κ2) is 12.4. The zero-order valence-electron chi connectivity index (χ0n) is 18.6. The minimum Gasteiger partial charge on any atom is -0.354 e. The van der Waals surface area contributed by atoms with Gasteiger partial charge in [0.15, 0.2) is 0 Å². The van der Waals surface area contributed by atoms with Gasteiger partial charge >= 0.3 is 0 Å². The van der Waals surface area contributed by atoms with Crippen molar-refractivity contribution in [3.05, 3.63) is 70.8 Å². The van der Waals surface area contributed by atoms with Gasteiger partial charge in [0.2, 0.25) is 11.8 Å². The molecule has 0 fully saturated rings. The SMILES string of the molecule is CCCNC(=O)[C@H](CC)N(Cc1ccccc1C)C(=O)CSCc1cccc(C)c1. The molecule has 2 rings (SSSR count). The molecule has 2 aromatic rings. The van der Waals surface area contributed by atoms with Crippen LogP contribution in [0.15, 0.2) is 48.5 Å². The van der Waals surface area contributed by atoms with Crippen molar-refractivity contribution in [2.45, 2.75) is 58.9 Å². The van der Waals surface area contributed by atoms with E-state index in [1.165, 1.54) is 11.1 Å². The lowest BCUT2D eigenvalue weighted by Gasteiger charge is -2.31. The first-order chi connectivity index (χ1) is 14.5. The van der Waals surface area contributed by atoms with Crippen molar-refractivity contribution < 1.29 is 9.59 Å². The Morgan fingerprint density at radius 2 is 1.83 bits per heavy atom. The van der Waals surface area contributed by atoms with E-state index in [-0.39, 0.29) is 11.8 Å².